The maximum Gasteiger partial charge on any atom is 0.150 e. The molecule has 0 bridgehead atoms. The van der Waals surface area contributed by atoms with E-state index in [0.29, 0.717) is 11.3 Å². The summed E-state index contributed by atoms with van der Waals surface area (Å²) >= 11 is 3.76. The number of thioether (sulfide) groups is 1. The Morgan fingerprint density at radius 1 is 1.38 bits per heavy atom. The first kappa shape index (κ1) is 12.4. The van der Waals surface area contributed by atoms with Crippen molar-refractivity contribution in [3.8, 4) is 0 Å². The fraction of sp³-hybridized carbons (Fsp3) is 0.750. The third-order valence-corrected chi connectivity index (χ3v) is 5.66. The molecule has 1 heterocycles. The van der Waals surface area contributed by atoms with Gasteiger partial charge in [-0.05, 0) is 26.8 Å². The number of hydrogen-bond acceptors (Lipinski definition) is 4. The molecule has 2 nitrogen and oxygen atoms in total. The van der Waals surface area contributed by atoms with Crippen LogP contribution in [0.25, 0.3) is 0 Å². The van der Waals surface area contributed by atoms with Crippen LogP contribution in [0.5, 0.6) is 0 Å². The van der Waals surface area contributed by atoms with Crippen LogP contribution in [0.3, 0.4) is 0 Å². The summed E-state index contributed by atoms with van der Waals surface area (Å²) in [5, 5.41) is 6.33. The van der Waals surface area contributed by atoms with Gasteiger partial charge in [0, 0.05) is 22.4 Å². The zero-order chi connectivity index (χ0) is 11.4. The Bertz CT molecular complexity index is 325. The average molecular weight is 256 g/mol. The van der Waals surface area contributed by atoms with Gasteiger partial charge in [-0.2, -0.15) is 0 Å². The minimum atomic E-state index is 0.664. The van der Waals surface area contributed by atoms with Gasteiger partial charge in [0.15, 0.2) is 0 Å². The van der Waals surface area contributed by atoms with Gasteiger partial charge in [0.1, 0.15) is 4.34 Å². The maximum atomic E-state index is 4.56. The van der Waals surface area contributed by atoms with Crippen molar-refractivity contribution in [2.24, 2.45) is 0 Å². The molecular formula is C12H20N2S2. The van der Waals surface area contributed by atoms with Crippen LogP contribution in [0.2, 0.25) is 0 Å². The van der Waals surface area contributed by atoms with Crippen molar-refractivity contribution in [3.63, 3.8) is 0 Å². The van der Waals surface area contributed by atoms with Gasteiger partial charge < -0.3 is 5.32 Å². The summed E-state index contributed by atoms with van der Waals surface area (Å²) in [6.07, 6.45) is 6.79. The first-order chi connectivity index (χ1) is 7.79. The Morgan fingerprint density at radius 2 is 2.19 bits per heavy atom. The highest BCUT2D eigenvalue weighted by atomic mass is 32.2. The molecule has 90 valence electrons. The van der Waals surface area contributed by atoms with E-state index in [-0.39, 0.29) is 0 Å². The number of thiazole rings is 1. The summed E-state index contributed by atoms with van der Waals surface area (Å²) in [7, 11) is 2.09. The van der Waals surface area contributed by atoms with Crippen LogP contribution in [-0.4, -0.2) is 23.3 Å². The van der Waals surface area contributed by atoms with E-state index in [0.717, 1.165) is 5.69 Å². The van der Waals surface area contributed by atoms with Crippen LogP contribution >= 0.6 is 23.1 Å². The second kappa shape index (κ2) is 6.03. The van der Waals surface area contributed by atoms with Crippen molar-refractivity contribution in [2.45, 2.75) is 54.7 Å². The molecule has 1 fully saturated rings. The summed E-state index contributed by atoms with van der Waals surface area (Å²) in [5.74, 6) is 0. The molecule has 0 aromatic carbocycles. The zero-order valence-electron chi connectivity index (χ0n) is 10.0. The summed E-state index contributed by atoms with van der Waals surface area (Å²) in [5.41, 5.74) is 1.15. The topological polar surface area (TPSA) is 24.9 Å². The largest absolute Gasteiger partial charge is 0.316 e. The molecule has 2 atom stereocenters. The molecule has 1 aliphatic rings. The molecule has 1 N–H and O–H groups in total. The van der Waals surface area contributed by atoms with Gasteiger partial charge in [0.2, 0.25) is 0 Å². The summed E-state index contributed by atoms with van der Waals surface area (Å²) in [4.78, 5) is 4.56. The van der Waals surface area contributed by atoms with E-state index in [4.69, 9.17) is 0 Å². The predicted molar refractivity (Wildman–Crippen MR) is 72.4 cm³/mol. The third kappa shape index (κ3) is 3.22. The highest BCUT2D eigenvalue weighted by Crippen LogP contribution is 2.34. The standard InChI is InChI=1S/C12H20N2S2/c1-9-8-15-12(14-9)16-11-7-5-3-4-6-10(11)13-2/h8,10-11,13H,3-7H2,1-2H3. The van der Waals surface area contributed by atoms with Crippen molar-refractivity contribution in [1.29, 1.82) is 0 Å². The van der Waals surface area contributed by atoms with E-state index in [1.54, 1.807) is 11.3 Å². The van der Waals surface area contributed by atoms with Crippen LogP contribution in [0.1, 0.15) is 37.8 Å². The minimum Gasteiger partial charge on any atom is -0.316 e. The quantitative estimate of drug-likeness (QED) is 0.838. The SMILES string of the molecule is CNC1CCCCCC1Sc1nc(C)cs1. The van der Waals surface area contributed by atoms with Crippen LogP contribution < -0.4 is 5.32 Å². The van der Waals surface area contributed by atoms with Crippen molar-refractivity contribution in [2.75, 3.05) is 7.05 Å². The lowest BCUT2D eigenvalue weighted by molar-refractivity contribution is 0.510. The van der Waals surface area contributed by atoms with E-state index in [9.17, 15) is 0 Å². The Morgan fingerprint density at radius 3 is 2.88 bits per heavy atom. The van der Waals surface area contributed by atoms with Crippen LogP contribution in [-0.2, 0) is 0 Å². The lowest BCUT2D eigenvalue weighted by atomic mass is 10.1. The smallest absolute Gasteiger partial charge is 0.150 e. The molecule has 2 unspecified atom stereocenters. The monoisotopic (exact) mass is 256 g/mol. The summed E-state index contributed by atoms with van der Waals surface area (Å²) in [6.45, 7) is 2.07. The zero-order valence-corrected chi connectivity index (χ0v) is 11.7. The van der Waals surface area contributed by atoms with E-state index in [1.165, 1.54) is 36.4 Å². The molecule has 4 heteroatoms. The number of rotatable bonds is 3. The van der Waals surface area contributed by atoms with E-state index >= 15 is 0 Å². The van der Waals surface area contributed by atoms with Crippen LogP contribution in [0.15, 0.2) is 9.72 Å². The molecule has 1 aromatic rings. The number of hydrogen-bond donors (Lipinski definition) is 1. The summed E-state index contributed by atoms with van der Waals surface area (Å²) < 4.78 is 1.24. The van der Waals surface area contributed by atoms with Gasteiger partial charge in [-0.25, -0.2) is 4.98 Å². The fourth-order valence-electron chi connectivity index (χ4n) is 2.26. The van der Waals surface area contributed by atoms with Crippen molar-refractivity contribution in [3.05, 3.63) is 11.1 Å². The lowest BCUT2D eigenvalue weighted by Crippen LogP contribution is -2.34. The lowest BCUT2D eigenvalue weighted by Gasteiger charge is -2.23. The summed E-state index contributed by atoms with van der Waals surface area (Å²) in [6, 6.07) is 0.664. The molecule has 0 aliphatic heterocycles. The molecule has 2 rings (SSSR count). The second-order valence-corrected chi connectivity index (χ2v) is 6.79. The van der Waals surface area contributed by atoms with E-state index in [2.05, 4.69) is 29.7 Å². The van der Waals surface area contributed by atoms with Crippen molar-refractivity contribution < 1.29 is 0 Å². The highest BCUT2D eigenvalue weighted by molar-refractivity contribution is 8.01. The number of aryl methyl sites for hydroxylation is 1. The maximum absolute atomic E-state index is 4.56. The third-order valence-electron chi connectivity index (χ3n) is 3.17. The van der Waals surface area contributed by atoms with Gasteiger partial charge in [-0.1, -0.05) is 31.0 Å². The predicted octanol–water partition coefficient (Wildman–Crippen LogP) is 3.46. The number of nitrogens with one attached hydrogen (secondary N) is 1. The molecule has 0 spiro atoms. The molecule has 1 aliphatic carbocycles. The Hall–Kier alpha value is -0.0600. The Kier molecular flexibility index (Phi) is 4.67. The van der Waals surface area contributed by atoms with Gasteiger partial charge >= 0.3 is 0 Å². The second-order valence-electron chi connectivity index (χ2n) is 4.44. The Balaban J connectivity index is 1.99. The van der Waals surface area contributed by atoms with Crippen molar-refractivity contribution >= 4 is 23.1 Å². The first-order valence-corrected chi connectivity index (χ1v) is 7.81. The van der Waals surface area contributed by atoms with E-state index < -0.39 is 0 Å². The molecule has 0 saturated heterocycles. The normalized spacial score (nSPS) is 26.6. The van der Waals surface area contributed by atoms with Gasteiger partial charge in [0.05, 0.1) is 0 Å². The van der Waals surface area contributed by atoms with Gasteiger partial charge in [-0.15, -0.1) is 11.3 Å². The molecule has 1 saturated carbocycles. The molecule has 0 radical (unpaired) electrons. The highest BCUT2D eigenvalue weighted by Gasteiger charge is 2.24. The fourth-order valence-corrected chi connectivity index (χ4v) is 4.70. The minimum absolute atomic E-state index is 0.664. The molecule has 16 heavy (non-hydrogen) atoms. The number of nitrogens with zero attached hydrogens (tertiary/aromatic N) is 1. The molecule has 1 aromatic heterocycles. The van der Waals surface area contributed by atoms with Crippen LogP contribution in [0.4, 0.5) is 0 Å². The molecule has 0 amide bonds. The van der Waals surface area contributed by atoms with Crippen molar-refractivity contribution in [1.82, 2.24) is 10.3 Å². The molecular weight excluding hydrogens is 236 g/mol. The van der Waals surface area contributed by atoms with E-state index in [1.807, 2.05) is 11.8 Å². The Labute approximate surface area is 106 Å². The van der Waals surface area contributed by atoms with Crippen LogP contribution in [0, 0.1) is 6.92 Å². The number of aromatic nitrogens is 1. The van der Waals surface area contributed by atoms with Gasteiger partial charge in [-0.3, -0.25) is 0 Å². The van der Waals surface area contributed by atoms with Gasteiger partial charge in [0.25, 0.3) is 0 Å². The average Bonchev–Trinajstić information content (AvgIpc) is 2.56. The first-order valence-electron chi connectivity index (χ1n) is 6.05.